The highest BCUT2D eigenvalue weighted by Crippen LogP contribution is 2.41. The van der Waals surface area contributed by atoms with Crippen LogP contribution in [0.25, 0.3) is 21.5 Å². The van der Waals surface area contributed by atoms with E-state index in [2.05, 4.69) is 4.72 Å². The van der Waals surface area contributed by atoms with E-state index in [1.165, 1.54) is 50.2 Å². The van der Waals surface area contributed by atoms with Crippen LogP contribution in [0.1, 0.15) is 25.3 Å². The highest BCUT2D eigenvalue weighted by atomic mass is 32.2. The summed E-state index contributed by atoms with van der Waals surface area (Å²) in [6.45, 7) is 2.77. The van der Waals surface area contributed by atoms with Gasteiger partial charge in [-0.25, -0.2) is 8.42 Å². The van der Waals surface area contributed by atoms with Gasteiger partial charge in [0.15, 0.2) is 5.92 Å². The number of ether oxygens (including phenoxy) is 1. The Morgan fingerprint density at radius 1 is 0.895 bits per heavy atom. The van der Waals surface area contributed by atoms with Crippen LogP contribution >= 0.6 is 0 Å². The minimum atomic E-state index is -5.44. The van der Waals surface area contributed by atoms with Crippen LogP contribution in [0, 0.1) is 0 Å². The van der Waals surface area contributed by atoms with Crippen molar-refractivity contribution in [2.24, 2.45) is 0 Å². The number of benzene rings is 4. The maximum absolute atomic E-state index is 13.5. The van der Waals surface area contributed by atoms with Gasteiger partial charge in [0.05, 0.1) is 16.7 Å². The zero-order chi connectivity index (χ0) is 27.8. The van der Waals surface area contributed by atoms with Crippen molar-refractivity contribution in [2.45, 2.75) is 36.9 Å². The normalized spacial score (nSPS) is 13.0. The second-order valence-corrected chi connectivity index (χ2v) is 10.5. The molecule has 0 radical (unpaired) electrons. The molecule has 0 spiro atoms. The number of halogens is 3. The first-order valence-corrected chi connectivity index (χ1v) is 12.9. The zero-order valence-corrected chi connectivity index (χ0v) is 20.9. The molecule has 7 nitrogen and oxygen atoms in total. The van der Waals surface area contributed by atoms with Crippen LogP contribution in [0.4, 0.5) is 18.9 Å². The Morgan fingerprint density at radius 2 is 1.50 bits per heavy atom. The SMILES string of the molecule is CC(C)OC(=O)[C@H](C(=O)C(F)(F)F)c1cc(NS(=O)(=O)c2ccc3ccccc3c2)c2ccccc2c1O. The molecule has 0 unspecified atom stereocenters. The van der Waals surface area contributed by atoms with Crippen LogP contribution < -0.4 is 4.72 Å². The largest absolute Gasteiger partial charge is 0.507 e. The van der Waals surface area contributed by atoms with Gasteiger partial charge >= 0.3 is 12.1 Å². The molecule has 0 aliphatic heterocycles. The summed E-state index contributed by atoms with van der Waals surface area (Å²) in [4.78, 5) is 24.9. The minimum absolute atomic E-state index is 0.0708. The molecule has 0 bridgehead atoms. The monoisotopic (exact) mass is 545 g/mol. The first-order chi connectivity index (χ1) is 17.8. The van der Waals surface area contributed by atoms with Crippen LogP contribution in [0.3, 0.4) is 0 Å². The van der Waals surface area contributed by atoms with E-state index in [0.717, 1.165) is 11.5 Å². The average molecular weight is 546 g/mol. The van der Waals surface area contributed by atoms with Crippen molar-refractivity contribution in [1.82, 2.24) is 0 Å². The third kappa shape index (κ3) is 5.28. The van der Waals surface area contributed by atoms with Crippen molar-refractivity contribution >= 4 is 49.0 Å². The van der Waals surface area contributed by atoms with E-state index in [-0.39, 0.29) is 21.4 Å². The number of carbonyl (C=O) groups excluding carboxylic acids is 2. The van der Waals surface area contributed by atoms with Gasteiger partial charge in [0.25, 0.3) is 15.8 Å². The molecule has 38 heavy (non-hydrogen) atoms. The van der Waals surface area contributed by atoms with Gasteiger partial charge in [-0.15, -0.1) is 0 Å². The first kappa shape index (κ1) is 26.9. The van der Waals surface area contributed by atoms with E-state index in [1.807, 2.05) is 0 Å². The third-order valence-corrected chi connectivity index (χ3v) is 7.12. The topological polar surface area (TPSA) is 110 Å². The number of hydrogen-bond donors (Lipinski definition) is 2. The molecule has 11 heteroatoms. The van der Waals surface area contributed by atoms with Gasteiger partial charge < -0.3 is 9.84 Å². The Hall–Kier alpha value is -4.12. The van der Waals surface area contributed by atoms with Crippen molar-refractivity contribution in [3.63, 3.8) is 0 Å². The number of phenolic OH excluding ortho intramolecular Hbond substituents is 1. The molecule has 4 rings (SSSR count). The predicted octanol–water partition coefficient (Wildman–Crippen LogP) is 5.67. The van der Waals surface area contributed by atoms with Crippen molar-refractivity contribution in [2.75, 3.05) is 4.72 Å². The lowest BCUT2D eigenvalue weighted by Crippen LogP contribution is -2.35. The number of alkyl halides is 3. The second kappa shape index (κ2) is 9.97. The summed E-state index contributed by atoms with van der Waals surface area (Å²) in [5.41, 5.74) is -0.980. The number of rotatable bonds is 7. The van der Waals surface area contributed by atoms with Crippen molar-refractivity contribution in [1.29, 1.82) is 0 Å². The quantitative estimate of drug-likeness (QED) is 0.176. The number of fused-ring (bicyclic) bond motifs is 2. The molecule has 4 aromatic rings. The molecule has 198 valence electrons. The fourth-order valence-electron chi connectivity index (χ4n) is 4.06. The minimum Gasteiger partial charge on any atom is -0.507 e. The lowest BCUT2D eigenvalue weighted by Gasteiger charge is -2.21. The Morgan fingerprint density at radius 3 is 2.13 bits per heavy atom. The molecule has 0 aliphatic carbocycles. The highest BCUT2D eigenvalue weighted by Gasteiger charge is 2.49. The summed E-state index contributed by atoms with van der Waals surface area (Å²) >= 11 is 0. The van der Waals surface area contributed by atoms with Gasteiger partial charge in [0.2, 0.25) is 0 Å². The molecule has 2 N–H and O–H groups in total. The number of aromatic hydroxyl groups is 1. The average Bonchev–Trinajstić information content (AvgIpc) is 2.85. The molecule has 1 atom stereocenters. The second-order valence-electron chi connectivity index (χ2n) is 8.80. The molecular formula is C27H22F3NO6S. The smallest absolute Gasteiger partial charge is 0.451 e. The number of carbonyl (C=O) groups is 2. The van der Waals surface area contributed by atoms with Gasteiger partial charge in [-0.1, -0.05) is 54.6 Å². The van der Waals surface area contributed by atoms with Crippen molar-refractivity contribution in [3.05, 3.63) is 78.4 Å². The van der Waals surface area contributed by atoms with Crippen molar-refractivity contribution < 1.29 is 41.0 Å². The maximum Gasteiger partial charge on any atom is 0.451 e. The number of hydrogen-bond acceptors (Lipinski definition) is 6. The molecule has 4 aromatic carbocycles. The number of esters is 1. The van der Waals surface area contributed by atoms with E-state index in [1.54, 1.807) is 30.3 Å². The Kier molecular flexibility index (Phi) is 7.07. The van der Waals surface area contributed by atoms with Crippen LogP contribution in [-0.4, -0.2) is 37.6 Å². The fraction of sp³-hybridized carbons (Fsp3) is 0.185. The maximum atomic E-state index is 13.5. The van der Waals surface area contributed by atoms with E-state index in [4.69, 9.17) is 4.74 Å². The first-order valence-electron chi connectivity index (χ1n) is 11.4. The number of sulfonamides is 1. The third-order valence-electron chi connectivity index (χ3n) is 5.76. The molecular weight excluding hydrogens is 523 g/mol. The lowest BCUT2D eigenvalue weighted by molar-refractivity contribution is -0.178. The summed E-state index contributed by atoms with van der Waals surface area (Å²) in [7, 11) is -4.29. The number of nitrogens with one attached hydrogen (secondary N) is 1. The summed E-state index contributed by atoms with van der Waals surface area (Å²) in [6, 6.07) is 18.0. The number of anilines is 1. The highest BCUT2D eigenvalue weighted by molar-refractivity contribution is 7.92. The molecule has 0 amide bonds. The van der Waals surface area contributed by atoms with Gasteiger partial charge in [-0.05, 0) is 42.8 Å². The van der Waals surface area contributed by atoms with Crippen LogP contribution in [0.5, 0.6) is 5.75 Å². The number of phenols is 1. The summed E-state index contributed by atoms with van der Waals surface area (Å²) in [5, 5.41) is 12.4. The van der Waals surface area contributed by atoms with Gasteiger partial charge in [0, 0.05) is 16.3 Å². The summed E-state index contributed by atoms with van der Waals surface area (Å²) in [5.74, 6) is -7.35. The molecule has 0 saturated carbocycles. The van der Waals surface area contributed by atoms with Gasteiger partial charge in [-0.2, -0.15) is 13.2 Å². The summed E-state index contributed by atoms with van der Waals surface area (Å²) in [6.07, 6.45) is -6.30. The van der Waals surface area contributed by atoms with Gasteiger partial charge in [-0.3, -0.25) is 14.3 Å². The van der Waals surface area contributed by atoms with Crippen LogP contribution in [0.15, 0.2) is 77.7 Å². The number of Topliss-reactive ketones (excluding diaryl/α,β-unsaturated/α-hetero) is 1. The fourth-order valence-corrected chi connectivity index (χ4v) is 5.17. The van der Waals surface area contributed by atoms with E-state index < -0.39 is 51.3 Å². The van der Waals surface area contributed by atoms with E-state index in [0.29, 0.717) is 5.39 Å². The Labute approximate surface area is 215 Å². The molecule has 0 saturated heterocycles. The van der Waals surface area contributed by atoms with Crippen LogP contribution in [-0.2, 0) is 24.3 Å². The van der Waals surface area contributed by atoms with Crippen LogP contribution in [0.2, 0.25) is 0 Å². The van der Waals surface area contributed by atoms with E-state index in [9.17, 15) is 36.3 Å². The van der Waals surface area contributed by atoms with Gasteiger partial charge in [0.1, 0.15) is 5.75 Å². The molecule has 0 aliphatic rings. The Bertz CT molecular complexity index is 1670. The lowest BCUT2D eigenvalue weighted by atomic mass is 9.90. The number of ketones is 1. The standard InChI is InChI=1S/C27H22F3NO6S/c1-15(2)37-26(34)23(25(33)27(28,29)30)21-14-22(19-9-5-6-10-20(19)24(21)32)31-38(35,36)18-12-11-16-7-3-4-8-17(16)13-18/h3-15,23,31-32H,1-2H3/t23-/m0/s1. The van der Waals surface area contributed by atoms with E-state index >= 15 is 0 Å². The Balaban J connectivity index is 1.89. The molecule has 0 aromatic heterocycles. The molecule has 0 fully saturated rings. The predicted molar refractivity (Wildman–Crippen MR) is 135 cm³/mol. The molecule has 0 heterocycles. The zero-order valence-electron chi connectivity index (χ0n) is 20.1. The van der Waals surface area contributed by atoms with Crippen molar-refractivity contribution in [3.8, 4) is 5.75 Å². The summed E-state index contributed by atoms with van der Waals surface area (Å²) < 4.78 is 74.4.